The quantitative estimate of drug-likeness (QED) is 0.438. The zero-order valence-corrected chi connectivity index (χ0v) is 11.4. The van der Waals surface area contributed by atoms with Crippen LogP contribution in [0.1, 0.15) is 47.0 Å². The maximum atomic E-state index is 5.46. The molecule has 0 amide bonds. The summed E-state index contributed by atoms with van der Waals surface area (Å²) in [6.45, 7) is 12.0. The number of hydrogen-bond donors (Lipinski definition) is 1. The summed E-state index contributed by atoms with van der Waals surface area (Å²) in [4.78, 5) is 0. The Morgan fingerprint density at radius 3 is 2.06 bits per heavy atom. The van der Waals surface area contributed by atoms with E-state index < -0.39 is 0 Å². The molecule has 0 fully saturated rings. The van der Waals surface area contributed by atoms with Crippen LogP contribution in [-0.2, 0) is 9.47 Å². The highest BCUT2D eigenvalue weighted by Crippen LogP contribution is 2.02. The van der Waals surface area contributed by atoms with E-state index in [1.165, 1.54) is 12.8 Å². The Labute approximate surface area is 101 Å². The molecule has 98 valence electrons. The molecule has 0 bridgehead atoms. The van der Waals surface area contributed by atoms with Gasteiger partial charge in [-0.3, -0.25) is 0 Å². The number of hydrogen-bond acceptors (Lipinski definition) is 3. The molecule has 0 atom stereocenters. The summed E-state index contributed by atoms with van der Waals surface area (Å²) in [5, 5.41) is 3.43. The standard InChI is InChI=1S/C13H29NO2/c1-5-15-13(16-6-2)9-11-14-10-7-8-12(3)4/h12-14H,5-11H2,1-4H3. The summed E-state index contributed by atoms with van der Waals surface area (Å²) in [6.07, 6.45) is 3.45. The van der Waals surface area contributed by atoms with Gasteiger partial charge in [-0.05, 0) is 45.7 Å². The second-order valence-electron chi connectivity index (χ2n) is 4.41. The van der Waals surface area contributed by atoms with Crippen molar-refractivity contribution in [2.45, 2.75) is 53.2 Å². The number of ether oxygens (including phenoxy) is 2. The van der Waals surface area contributed by atoms with Crippen LogP contribution in [0.5, 0.6) is 0 Å². The molecule has 0 aromatic heterocycles. The summed E-state index contributed by atoms with van der Waals surface area (Å²) < 4.78 is 10.9. The van der Waals surface area contributed by atoms with Crippen molar-refractivity contribution in [1.82, 2.24) is 5.32 Å². The van der Waals surface area contributed by atoms with Crippen LogP contribution in [0.15, 0.2) is 0 Å². The highest BCUT2D eigenvalue weighted by Gasteiger charge is 2.06. The largest absolute Gasteiger partial charge is 0.353 e. The van der Waals surface area contributed by atoms with Crippen molar-refractivity contribution >= 4 is 0 Å². The Balaban J connectivity index is 3.32. The first kappa shape index (κ1) is 15.9. The molecule has 3 heteroatoms. The fraction of sp³-hybridized carbons (Fsp3) is 1.00. The minimum Gasteiger partial charge on any atom is -0.353 e. The summed E-state index contributed by atoms with van der Waals surface area (Å²) >= 11 is 0. The van der Waals surface area contributed by atoms with Gasteiger partial charge in [0.05, 0.1) is 0 Å². The minimum atomic E-state index is -0.0346. The van der Waals surface area contributed by atoms with Gasteiger partial charge in [0.2, 0.25) is 0 Å². The van der Waals surface area contributed by atoms with E-state index in [1.807, 2.05) is 13.8 Å². The molecule has 0 radical (unpaired) electrons. The van der Waals surface area contributed by atoms with Gasteiger partial charge in [-0.2, -0.15) is 0 Å². The summed E-state index contributed by atoms with van der Waals surface area (Å²) in [5.41, 5.74) is 0. The molecular formula is C13H29NO2. The number of nitrogens with one attached hydrogen (secondary N) is 1. The zero-order valence-electron chi connectivity index (χ0n) is 11.4. The molecule has 16 heavy (non-hydrogen) atoms. The summed E-state index contributed by atoms with van der Waals surface area (Å²) in [7, 11) is 0. The van der Waals surface area contributed by atoms with Crippen molar-refractivity contribution in [2.24, 2.45) is 5.92 Å². The normalized spacial score (nSPS) is 11.6. The van der Waals surface area contributed by atoms with E-state index in [-0.39, 0.29) is 6.29 Å². The second-order valence-corrected chi connectivity index (χ2v) is 4.41. The van der Waals surface area contributed by atoms with Gasteiger partial charge in [0.25, 0.3) is 0 Å². The second kappa shape index (κ2) is 11.4. The van der Waals surface area contributed by atoms with Crippen LogP contribution >= 0.6 is 0 Å². The van der Waals surface area contributed by atoms with Crippen molar-refractivity contribution < 1.29 is 9.47 Å². The molecule has 3 nitrogen and oxygen atoms in total. The molecule has 0 rings (SSSR count). The third kappa shape index (κ3) is 10.4. The molecule has 0 aliphatic heterocycles. The van der Waals surface area contributed by atoms with E-state index in [9.17, 15) is 0 Å². The van der Waals surface area contributed by atoms with Crippen LogP contribution in [0.2, 0.25) is 0 Å². The first-order chi connectivity index (χ1) is 7.70. The lowest BCUT2D eigenvalue weighted by molar-refractivity contribution is -0.138. The predicted molar refractivity (Wildman–Crippen MR) is 68.6 cm³/mol. The molecular weight excluding hydrogens is 202 g/mol. The molecule has 0 aliphatic carbocycles. The van der Waals surface area contributed by atoms with Crippen molar-refractivity contribution in [1.29, 1.82) is 0 Å². The van der Waals surface area contributed by atoms with Crippen LogP contribution in [0.4, 0.5) is 0 Å². The van der Waals surface area contributed by atoms with Gasteiger partial charge in [-0.1, -0.05) is 13.8 Å². The lowest BCUT2D eigenvalue weighted by Gasteiger charge is -2.17. The maximum Gasteiger partial charge on any atom is 0.158 e. The summed E-state index contributed by atoms with van der Waals surface area (Å²) in [5.74, 6) is 0.807. The van der Waals surface area contributed by atoms with E-state index in [0.717, 1.165) is 38.6 Å². The lowest BCUT2D eigenvalue weighted by atomic mass is 10.1. The van der Waals surface area contributed by atoms with E-state index in [1.54, 1.807) is 0 Å². The lowest BCUT2D eigenvalue weighted by Crippen LogP contribution is -2.25. The first-order valence-electron chi connectivity index (χ1n) is 6.64. The first-order valence-corrected chi connectivity index (χ1v) is 6.64. The Bertz CT molecular complexity index is 134. The van der Waals surface area contributed by atoms with Crippen molar-refractivity contribution in [3.63, 3.8) is 0 Å². The molecule has 1 N–H and O–H groups in total. The molecule has 0 heterocycles. The molecule has 0 saturated heterocycles. The monoisotopic (exact) mass is 231 g/mol. The predicted octanol–water partition coefficient (Wildman–Crippen LogP) is 2.80. The van der Waals surface area contributed by atoms with E-state index in [2.05, 4.69) is 19.2 Å². The fourth-order valence-electron chi connectivity index (χ4n) is 1.57. The molecule has 0 unspecified atom stereocenters. The van der Waals surface area contributed by atoms with E-state index in [4.69, 9.17) is 9.47 Å². The van der Waals surface area contributed by atoms with Gasteiger partial charge in [-0.25, -0.2) is 0 Å². The van der Waals surface area contributed by atoms with Crippen LogP contribution in [0.3, 0.4) is 0 Å². The summed E-state index contributed by atoms with van der Waals surface area (Å²) in [6, 6.07) is 0. The van der Waals surface area contributed by atoms with Crippen LogP contribution in [0.25, 0.3) is 0 Å². The third-order valence-corrected chi connectivity index (χ3v) is 2.40. The SMILES string of the molecule is CCOC(CCNCCCC(C)C)OCC. The molecule has 0 aromatic rings. The average molecular weight is 231 g/mol. The highest BCUT2D eigenvalue weighted by atomic mass is 16.7. The van der Waals surface area contributed by atoms with E-state index in [0.29, 0.717) is 0 Å². The highest BCUT2D eigenvalue weighted by molar-refractivity contribution is 4.53. The van der Waals surface area contributed by atoms with Crippen LogP contribution in [-0.4, -0.2) is 32.6 Å². The average Bonchev–Trinajstić information content (AvgIpc) is 2.23. The van der Waals surface area contributed by atoms with Crippen LogP contribution < -0.4 is 5.32 Å². The van der Waals surface area contributed by atoms with Crippen LogP contribution in [0, 0.1) is 5.92 Å². The molecule has 0 spiro atoms. The smallest absolute Gasteiger partial charge is 0.158 e. The van der Waals surface area contributed by atoms with Gasteiger partial charge in [0, 0.05) is 19.6 Å². The number of rotatable bonds is 11. The van der Waals surface area contributed by atoms with Gasteiger partial charge in [0.1, 0.15) is 0 Å². The molecule has 0 aliphatic rings. The zero-order chi connectivity index (χ0) is 12.2. The topological polar surface area (TPSA) is 30.5 Å². The molecule has 0 aromatic carbocycles. The van der Waals surface area contributed by atoms with E-state index >= 15 is 0 Å². The Morgan fingerprint density at radius 1 is 0.938 bits per heavy atom. The maximum absolute atomic E-state index is 5.46. The van der Waals surface area contributed by atoms with Crippen molar-refractivity contribution in [3.8, 4) is 0 Å². The van der Waals surface area contributed by atoms with Gasteiger partial charge in [-0.15, -0.1) is 0 Å². The van der Waals surface area contributed by atoms with Gasteiger partial charge >= 0.3 is 0 Å². The minimum absolute atomic E-state index is 0.0346. The van der Waals surface area contributed by atoms with Crippen molar-refractivity contribution in [2.75, 3.05) is 26.3 Å². The molecule has 0 saturated carbocycles. The van der Waals surface area contributed by atoms with Crippen molar-refractivity contribution in [3.05, 3.63) is 0 Å². The Hall–Kier alpha value is -0.120. The third-order valence-electron chi connectivity index (χ3n) is 2.40. The Morgan fingerprint density at radius 2 is 1.56 bits per heavy atom. The Kier molecular flexibility index (Phi) is 11.3. The van der Waals surface area contributed by atoms with Gasteiger partial charge in [0.15, 0.2) is 6.29 Å². The fourth-order valence-corrected chi connectivity index (χ4v) is 1.57. The van der Waals surface area contributed by atoms with Gasteiger partial charge < -0.3 is 14.8 Å².